The van der Waals surface area contributed by atoms with Gasteiger partial charge >= 0.3 is 0 Å². The van der Waals surface area contributed by atoms with Gasteiger partial charge in [0.1, 0.15) is 5.75 Å². The second-order valence-electron chi connectivity index (χ2n) is 8.48. The van der Waals surface area contributed by atoms with E-state index in [0.717, 1.165) is 57.1 Å². The molecule has 1 saturated heterocycles. The number of hydrogen-bond donors (Lipinski definition) is 1. The molecule has 1 aliphatic heterocycles. The van der Waals surface area contributed by atoms with E-state index in [1.807, 2.05) is 12.1 Å². The molecule has 4 nitrogen and oxygen atoms in total. The minimum absolute atomic E-state index is 0.121. The number of methoxy groups -OCH3 is 1. The third kappa shape index (κ3) is 3.24. The van der Waals surface area contributed by atoms with Crippen LogP contribution in [0.3, 0.4) is 0 Å². The molecule has 3 aliphatic rings. The minimum atomic E-state index is -0.578. The molecule has 0 aromatic heterocycles. The first-order valence-electron chi connectivity index (χ1n) is 10.3. The SMILES string of the molecule is COc1ccc(CC2C3CCCCC3(O)CCN2C(=O)C2CCC2)cc1. The van der Waals surface area contributed by atoms with Crippen molar-refractivity contribution >= 4 is 5.91 Å². The van der Waals surface area contributed by atoms with Gasteiger partial charge in [-0.25, -0.2) is 0 Å². The highest BCUT2D eigenvalue weighted by Crippen LogP contribution is 2.45. The monoisotopic (exact) mass is 357 g/mol. The largest absolute Gasteiger partial charge is 0.497 e. The van der Waals surface area contributed by atoms with Gasteiger partial charge in [-0.1, -0.05) is 31.4 Å². The Morgan fingerprint density at radius 1 is 1.15 bits per heavy atom. The van der Waals surface area contributed by atoms with E-state index in [0.29, 0.717) is 12.5 Å². The number of nitrogens with zero attached hydrogens (tertiary/aromatic N) is 1. The normalized spacial score (nSPS) is 31.8. The van der Waals surface area contributed by atoms with E-state index in [2.05, 4.69) is 17.0 Å². The molecule has 1 heterocycles. The van der Waals surface area contributed by atoms with Crippen LogP contribution in [-0.4, -0.2) is 41.2 Å². The third-order valence-electron chi connectivity index (χ3n) is 7.06. The van der Waals surface area contributed by atoms with Crippen LogP contribution in [0.15, 0.2) is 24.3 Å². The van der Waals surface area contributed by atoms with E-state index in [-0.39, 0.29) is 17.9 Å². The summed E-state index contributed by atoms with van der Waals surface area (Å²) in [6.07, 6.45) is 9.04. The second-order valence-corrected chi connectivity index (χ2v) is 8.48. The van der Waals surface area contributed by atoms with Crippen LogP contribution in [-0.2, 0) is 11.2 Å². The van der Waals surface area contributed by atoms with Crippen LogP contribution < -0.4 is 4.74 Å². The first kappa shape index (κ1) is 17.8. The van der Waals surface area contributed by atoms with Crippen LogP contribution >= 0.6 is 0 Å². The van der Waals surface area contributed by atoms with E-state index >= 15 is 0 Å². The molecule has 0 spiro atoms. The maximum Gasteiger partial charge on any atom is 0.225 e. The molecular formula is C22H31NO3. The summed E-state index contributed by atoms with van der Waals surface area (Å²) in [6.45, 7) is 0.711. The molecule has 1 N–H and O–H groups in total. The molecule has 26 heavy (non-hydrogen) atoms. The molecule has 4 heteroatoms. The third-order valence-corrected chi connectivity index (χ3v) is 7.06. The molecule has 3 fully saturated rings. The van der Waals surface area contributed by atoms with Crippen molar-refractivity contribution in [1.82, 2.24) is 4.90 Å². The average molecular weight is 357 g/mol. The van der Waals surface area contributed by atoms with Crippen LogP contribution in [0, 0.1) is 11.8 Å². The van der Waals surface area contributed by atoms with Gasteiger partial charge in [-0.2, -0.15) is 0 Å². The molecular weight excluding hydrogens is 326 g/mol. The molecule has 3 unspecified atom stereocenters. The quantitative estimate of drug-likeness (QED) is 0.896. The lowest BCUT2D eigenvalue weighted by molar-refractivity contribution is -0.160. The molecule has 0 bridgehead atoms. The number of ether oxygens (including phenoxy) is 1. The molecule has 2 saturated carbocycles. The fourth-order valence-electron chi connectivity index (χ4n) is 5.23. The zero-order valence-electron chi connectivity index (χ0n) is 15.8. The number of benzene rings is 1. The summed E-state index contributed by atoms with van der Waals surface area (Å²) in [5.41, 5.74) is 0.642. The Morgan fingerprint density at radius 2 is 1.92 bits per heavy atom. The highest BCUT2D eigenvalue weighted by Gasteiger charge is 2.50. The molecule has 3 atom stereocenters. The lowest BCUT2D eigenvalue weighted by Crippen LogP contribution is -2.62. The molecule has 4 rings (SSSR count). The van der Waals surface area contributed by atoms with Crippen molar-refractivity contribution in [3.8, 4) is 5.75 Å². The number of hydrogen-bond acceptors (Lipinski definition) is 3. The van der Waals surface area contributed by atoms with E-state index in [4.69, 9.17) is 4.74 Å². The van der Waals surface area contributed by atoms with E-state index in [9.17, 15) is 9.90 Å². The lowest BCUT2D eigenvalue weighted by Gasteiger charge is -2.53. The van der Waals surface area contributed by atoms with Gasteiger partial charge in [0.05, 0.1) is 12.7 Å². The number of piperidine rings is 1. The molecule has 1 amide bonds. The summed E-state index contributed by atoms with van der Waals surface area (Å²) in [5, 5.41) is 11.3. The Morgan fingerprint density at radius 3 is 2.58 bits per heavy atom. The van der Waals surface area contributed by atoms with E-state index in [1.165, 1.54) is 12.0 Å². The van der Waals surface area contributed by atoms with Gasteiger partial charge in [0.25, 0.3) is 0 Å². The van der Waals surface area contributed by atoms with Gasteiger partial charge in [0.2, 0.25) is 5.91 Å². The smallest absolute Gasteiger partial charge is 0.225 e. The zero-order chi connectivity index (χ0) is 18.1. The topological polar surface area (TPSA) is 49.8 Å². The van der Waals surface area contributed by atoms with Gasteiger partial charge in [0.15, 0.2) is 0 Å². The lowest BCUT2D eigenvalue weighted by atomic mass is 9.66. The average Bonchev–Trinajstić information content (AvgIpc) is 2.60. The summed E-state index contributed by atoms with van der Waals surface area (Å²) in [5.74, 6) is 1.62. The maximum absolute atomic E-state index is 13.1. The van der Waals surface area contributed by atoms with Gasteiger partial charge in [0, 0.05) is 24.4 Å². The van der Waals surface area contributed by atoms with Gasteiger partial charge in [-0.05, 0) is 56.2 Å². The molecule has 2 aliphatic carbocycles. The highest BCUT2D eigenvalue weighted by atomic mass is 16.5. The van der Waals surface area contributed by atoms with Crippen molar-refractivity contribution in [2.75, 3.05) is 13.7 Å². The van der Waals surface area contributed by atoms with Crippen molar-refractivity contribution in [2.45, 2.75) is 69.4 Å². The number of amides is 1. The maximum atomic E-state index is 13.1. The fourth-order valence-corrected chi connectivity index (χ4v) is 5.23. The number of rotatable bonds is 4. The van der Waals surface area contributed by atoms with Gasteiger partial charge in [-0.3, -0.25) is 4.79 Å². The van der Waals surface area contributed by atoms with Crippen LogP contribution in [0.5, 0.6) is 5.75 Å². The first-order valence-corrected chi connectivity index (χ1v) is 10.3. The number of carbonyl (C=O) groups excluding carboxylic acids is 1. The van der Waals surface area contributed by atoms with Crippen LogP contribution in [0.1, 0.15) is 56.9 Å². The van der Waals surface area contributed by atoms with Crippen molar-refractivity contribution in [2.24, 2.45) is 11.8 Å². The number of aliphatic hydroxyl groups is 1. The summed E-state index contributed by atoms with van der Waals surface area (Å²) >= 11 is 0. The van der Waals surface area contributed by atoms with Gasteiger partial charge < -0.3 is 14.7 Å². The first-order chi connectivity index (χ1) is 12.6. The summed E-state index contributed by atoms with van der Waals surface area (Å²) in [7, 11) is 1.68. The summed E-state index contributed by atoms with van der Waals surface area (Å²) < 4.78 is 5.27. The van der Waals surface area contributed by atoms with Crippen LogP contribution in [0.4, 0.5) is 0 Å². The fraction of sp³-hybridized carbons (Fsp3) is 0.682. The van der Waals surface area contributed by atoms with Crippen molar-refractivity contribution in [3.63, 3.8) is 0 Å². The summed E-state index contributed by atoms with van der Waals surface area (Å²) in [4.78, 5) is 15.2. The van der Waals surface area contributed by atoms with Crippen molar-refractivity contribution in [3.05, 3.63) is 29.8 Å². The standard InChI is InChI=1S/C22H31NO3/c1-26-18-10-8-16(9-11-18)15-20-19-7-2-3-12-22(19,25)13-14-23(20)21(24)17-5-4-6-17/h8-11,17,19-20,25H,2-7,12-15H2,1H3. The van der Waals surface area contributed by atoms with Crippen molar-refractivity contribution in [1.29, 1.82) is 0 Å². The number of carbonyl (C=O) groups is 1. The van der Waals surface area contributed by atoms with E-state index < -0.39 is 5.60 Å². The zero-order valence-corrected chi connectivity index (χ0v) is 15.8. The number of fused-ring (bicyclic) bond motifs is 1. The molecule has 0 radical (unpaired) electrons. The number of likely N-dealkylation sites (tertiary alicyclic amines) is 1. The molecule has 1 aromatic carbocycles. The predicted octanol–water partition coefficient (Wildman–Crippen LogP) is 3.56. The van der Waals surface area contributed by atoms with Crippen molar-refractivity contribution < 1.29 is 14.6 Å². The second kappa shape index (κ2) is 7.22. The Labute approximate surface area is 156 Å². The Hall–Kier alpha value is -1.55. The van der Waals surface area contributed by atoms with E-state index in [1.54, 1.807) is 7.11 Å². The summed E-state index contributed by atoms with van der Waals surface area (Å²) in [6, 6.07) is 8.30. The predicted molar refractivity (Wildman–Crippen MR) is 101 cm³/mol. The minimum Gasteiger partial charge on any atom is -0.497 e. The molecule has 142 valence electrons. The Balaban J connectivity index is 1.59. The highest BCUT2D eigenvalue weighted by molar-refractivity contribution is 5.80. The van der Waals surface area contributed by atoms with Crippen LogP contribution in [0.2, 0.25) is 0 Å². The van der Waals surface area contributed by atoms with Crippen LogP contribution in [0.25, 0.3) is 0 Å². The van der Waals surface area contributed by atoms with Gasteiger partial charge in [-0.15, -0.1) is 0 Å². The Bertz CT molecular complexity index is 639. The molecule has 1 aromatic rings. The Kier molecular flexibility index (Phi) is 4.96.